The van der Waals surface area contributed by atoms with Gasteiger partial charge in [-0.05, 0) is 30.7 Å². The summed E-state index contributed by atoms with van der Waals surface area (Å²) >= 11 is 0. The van der Waals surface area contributed by atoms with Crippen LogP contribution >= 0.6 is 0 Å². The molecule has 0 aliphatic carbocycles. The molecule has 9 heteroatoms. The van der Waals surface area contributed by atoms with E-state index in [0.29, 0.717) is 5.56 Å². The Labute approximate surface area is 132 Å². The standard InChI is InChI=1S/C14H15FN2O5S/c1-9-4-11(15)2-3-12(9)23(20,21)16-5-10(6-16)7-17-13(18)8-22-14(17)19/h2-4,10H,5-8H2,1H3. The summed E-state index contributed by atoms with van der Waals surface area (Å²) in [5, 5.41) is 0. The van der Waals surface area contributed by atoms with Crippen LogP contribution in [0.5, 0.6) is 0 Å². The number of nitrogens with zero attached hydrogens (tertiary/aromatic N) is 2. The normalized spacial score (nSPS) is 19.8. The quantitative estimate of drug-likeness (QED) is 0.806. The molecule has 7 nitrogen and oxygen atoms in total. The van der Waals surface area contributed by atoms with Crippen LogP contribution in [0.15, 0.2) is 23.1 Å². The lowest BCUT2D eigenvalue weighted by Gasteiger charge is -2.39. The van der Waals surface area contributed by atoms with E-state index in [9.17, 15) is 22.4 Å². The number of ether oxygens (including phenoxy) is 1. The van der Waals surface area contributed by atoms with E-state index in [1.807, 2.05) is 0 Å². The highest BCUT2D eigenvalue weighted by atomic mass is 32.2. The van der Waals surface area contributed by atoms with Gasteiger partial charge in [-0.1, -0.05) is 0 Å². The lowest BCUT2D eigenvalue weighted by atomic mass is 10.0. The second kappa shape index (κ2) is 5.57. The van der Waals surface area contributed by atoms with Crippen molar-refractivity contribution in [1.29, 1.82) is 0 Å². The van der Waals surface area contributed by atoms with Crippen LogP contribution in [0.1, 0.15) is 5.56 Å². The number of amides is 2. The third kappa shape index (κ3) is 2.81. The van der Waals surface area contributed by atoms with Crippen molar-refractivity contribution in [3.8, 4) is 0 Å². The highest BCUT2D eigenvalue weighted by molar-refractivity contribution is 7.89. The van der Waals surface area contributed by atoms with Crippen molar-refractivity contribution in [2.75, 3.05) is 26.2 Å². The third-order valence-electron chi connectivity index (χ3n) is 3.96. The minimum absolute atomic E-state index is 0.0639. The van der Waals surface area contributed by atoms with Crippen LogP contribution in [-0.2, 0) is 19.6 Å². The maximum atomic E-state index is 13.1. The average molecular weight is 342 g/mol. The van der Waals surface area contributed by atoms with E-state index in [0.717, 1.165) is 11.0 Å². The monoisotopic (exact) mass is 342 g/mol. The third-order valence-corrected chi connectivity index (χ3v) is 5.95. The predicted molar refractivity (Wildman–Crippen MR) is 76.4 cm³/mol. The number of rotatable bonds is 4. The molecule has 0 bridgehead atoms. The average Bonchev–Trinajstić information content (AvgIpc) is 2.72. The number of cyclic esters (lactones) is 1. The number of halogens is 1. The summed E-state index contributed by atoms with van der Waals surface area (Å²) < 4.78 is 43.9. The van der Waals surface area contributed by atoms with Crippen LogP contribution in [0.4, 0.5) is 9.18 Å². The van der Waals surface area contributed by atoms with E-state index in [2.05, 4.69) is 4.74 Å². The Balaban J connectivity index is 1.66. The Hall–Kier alpha value is -2.00. The second-order valence-electron chi connectivity index (χ2n) is 5.66. The number of hydrogen-bond acceptors (Lipinski definition) is 5. The molecular weight excluding hydrogens is 327 g/mol. The number of aryl methyl sites for hydroxylation is 1. The maximum Gasteiger partial charge on any atom is 0.417 e. The van der Waals surface area contributed by atoms with Crippen LogP contribution in [0.25, 0.3) is 0 Å². The smallest absolute Gasteiger partial charge is 0.417 e. The van der Waals surface area contributed by atoms with Gasteiger partial charge in [-0.25, -0.2) is 22.5 Å². The van der Waals surface area contributed by atoms with Crippen molar-refractivity contribution in [2.45, 2.75) is 11.8 Å². The molecule has 2 saturated heterocycles. The van der Waals surface area contributed by atoms with E-state index in [-0.39, 0.29) is 37.1 Å². The Morgan fingerprint density at radius 2 is 2.00 bits per heavy atom. The van der Waals surface area contributed by atoms with Gasteiger partial charge in [0.15, 0.2) is 6.61 Å². The molecule has 3 rings (SSSR count). The number of sulfonamides is 1. The summed E-state index contributed by atoms with van der Waals surface area (Å²) in [6, 6.07) is 3.52. The van der Waals surface area contributed by atoms with E-state index in [4.69, 9.17) is 0 Å². The van der Waals surface area contributed by atoms with Crippen molar-refractivity contribution in [1.82, 2.24) is 9.21 Å². The summed E-state index contributed by atoms with van der Waals surface area (Å²) in [6.45, 7) is 1.83. The van der Waals surface area contributed by atoms with Crippen LogP contribution in [0.2, 0.25) is 0 Å². The molecule has 23 heavy (non-hydrogen) atoms. The largest absolute Gasteiger partial charge is 0.439 e. The van der Waals surface area contributed by atoms with Gasteiger partial charge in [-0.3, -0.25) is 4.79 Å². The number of hydrogen-bond donors (Lipinski definition) is 0. The van der Waals surface area contributed by atoms with E-state index in [1.165, 1.54) is 23.4 Å². The van der Waals surface area contributed by atoms with Crippen LogP contribution in [0.3, 0.4) is 0 Å². The summed E-state index contributed by atoms with van der Waals surface area (Å²) in [5.41, 5.74) is 0.340. The number of carbonyl (C=O) groups excluding carboxylic acids is 2. The van der Waals surface area contributed by atoms with Gasteiger partial charge < -0.3 is 4.74 Å². The van der Waals surface area contributed by atoms with Gasteiger partial charge in [0.2, 0.25) is 10.0 Å². The molecule has 124 valence electrons. The summed E-state index contributed by atoms with van der Waals surface area (Å²) in [7, 11) is -3.70. The topological polar surface area (TPSA) is 84.0 Å². The molecule has 0 radical (unpaired) electrons. The van der Waals surface area contributed by atoms with Crippen LogP contribution in [0, 0.1) is 18.7 Å². The Kier molecular flexibility index (Phi) is 3.85. The van der Waals surface area contributed by atoms with E-state index < -0.39 is 27.8 Å². The first-order valence-corrected chi connectivity index (χ1v) is 8.46. The van der Waals surface area contributed by atoms with Crippen LogP contribution in [-0.4, -0.2) is 55.9 Å². The highest BCUT2D eigenvalue weighted by Crippen LogP contribution is 2.28. The first-order valence-electron chi connectivity index (χ1n) is 7.02. The van der Waals surface area contributed by atoms with Crippen molar-refractivity contribution in [2.24, 2.45) is 5.92 Å². The maximum absolute atomic E-state index is 13.1. The number of imide groups is 1. The lowest BCUT2D eigenvalue weighted by Crippen LogP contribution is -2.54. The molecule has 1 aromatic carbocycles. The van der Waals surface area contributed by atoms with E-state index >= 15 is 0 Å². The van der Waals surface area contributed by atoms with Crippen molar-refractivity contribution in [3.63, 3.8) is 0 Å². The highest BCUT2D eigenvalue weighted by Gasteiger charge is 2.41. The minimum Gasteiger partial charge on any atom is -0.439 e. The fraction of sp³-hybridized carbons (Fsp3) is 0.429. The van der Waals surface area contributed by atoms with E-state index in [1.54, 1.807) is 0 Å². The zero-order valence-corrected chi connectivity index (χ0v) is 13.2. The lowest BCUT2D eigenvalue weighted by molar-refractivity contribution is -0.126. The molecule has 0 spiro atoms. The predicted octanol–water partition coefficient (Wildman–Crippen LogP) is 0.733. The molecule has 0 atom stereocenters. The van der Waals surface area contributed by atoms with Crippen molar-refractivity contribution < 1.29 is 27.1 Å². The van der Waals surface area contributed by atoms with Crippen molar-refractivity contribution >= 4 is 22.0 Å². The molecule has 2 fully saturated rings. The molecule has 2 heterocycles. The van der Waals surface area contributed by atoms with Gasteiger partial charge in [0.1, 0.15) is 5.82 Å². The SMILES string of the molecule is Cc1cc(F)ccc1S(=O)(=O)N1CC(CN2C(=O)COC2=O)C1. The molecule has 0 aromatic heterocycles. The van der Waals surface area contributed by atoms with Gasteiger partial charge in [0.25, 0.3) is 5.91 Å². The Morgan fingerprint density at radius 3 is 2.57 bits per heavy atom. The molecule has 2 amide bonds. The fourth-order valence-corrected chi connectivity index (χ4v) is 4.49. The zero-order valence-electron chi connectivity index (χ0n) is 12.4. The molecule has 0 N–H and O–H groups in total. The van der Waals surface area contributed by atoms with Gasteiger partial charge in [-0.15, -0.1) is 0 Å². The van der Waals surface area contributed by atoms with Gasteiger partial charge in [-0.2, -0.15) is 4.31 Å². The molecule has 2 aliphatic heterocycles. The summed E-state index contributed by atoms with van der Waals surface area (Å²) in [4.78, 5) is 23.9. The molecule has 2 aliphatic rings. The number of benzene rings is 1. The molecular formula is C14H15FN2O5S. The van der Waals surface area contributed by atoms with Crippen LogP contribution < -0.4 is 0 Å². The van der Waals surface area contributed by atoms with Gasteiger partial charge in [0, 0.05) is 25.6 Å². The molecule has 1 aromatic rings. The number of carbonyl (C=O) groups is 2. The molecule has 0 unspecified atom stereocenters. The summed E-state index contributed by atoms with van der Waals surface area (Å²) in [6.07, 6.45) is -0.689. The Bertz CT molecular complexity index is 757. The van der Waals surface area contributed by atoms with Crippen molar-refractivity contribution in [3.05, 3.63) is 29.6 Å². The minimum atomic E-state index is -3.70. The first kappa shape index (κ1) is 15.9. The molecule has 0 saturated carbocycles. The summed E-state index contributed by atoms with van der Waals surface area (Å²) in [5.74, 6) is -1.03. The van der Waals surface area contributed by atoms with Gasteiger partial charge >= 0.3 is 6.09 Å². The Morgan fingerprint density at radius 1 is 1.30 bits per heavy atom. The second-order valence-corrected chi connectivity index (χ2v) is 7.56. The zero-order chi connectivity index (χ0) is 16.8. The fourth-order valence-electron chi connectivity index (χ4n) is 2.69. The first-order chi connectivity index (χ1) is 10.8. The van der Waals surface area contributed by atoms with Gasteiger partial charge in [0.05, 0.1) is 4.90 Å².